The summed E-state index contributed by atoms with van der Waals surface area (Å²) in [6.45, 7) is 2.07. The minimum Gasteiger partial charge on any atom is -0.481 e. The van der Waals surface area contributed by atoms with Crippen LogP contribution in [0.15, 0.2) is 12.2 Å². The van der Waals surface area contributed by atoms with Crippen molar-refractivity contribution in [3.63, 3.8) is 0 Å². The van der Waals surface area contributed by atoms with Crippen molar-refractivity contribution in [3.8, 4) is 0 Å². The summed E-state index contributed by atoms with van der Waals surface area (Å²) in [5.74, 6) is -0.810. The predicted octanol–water partition coefficient (Wildman–Crippen LogP) is 4.55. The van der Waals surface area contributed by atoms with Gasteiger partial charge in [0.2, 0.25) is 6.04 Å². The molecular formula is C18H32N2O7. The molecule has 0 spiro atoms. The lowest BCUT2D eigenvalue weighted by atomic mass is 10.0. The first kappa shape index (κ1) is 24.8. The Kier molecular flexibility index (Phi) is 14.7. The van der Waals surface area contributed by atoms with Crippen LogP contribution < -0.4 is 0 Å². The molecule has 0 fully saturated rings. The maximum Gasteiger partial charge on any atom is 0.303 e. The third-order valence-corrected chi connectivity index (χ3v) is 4.27. The van der Waals surface area contributed by atoms with E-state index in [1.165, 1.54) is 12.2 Å². The Morgan fingerprint density at radius 2 is 1.56 bits per heavy atom. The van der Waals surface area contributed by atoms with Gasteiger partial charge >= 0.3 is 5.97 Å². The van der Waals surface area contributed by atoms with Crippen molar-refractivity contribution >= 4 is 5.97 Å². The number of hydrogen-bond acceptors (Lipinski definition) is 6. The van der Waals surface area contributed by atoms with E-state index in [-0.39, 0.29) is 11.3 Å². The van der Waals surface area contributed by atoms with Crippen LogP contribution in [0.3, 0.4) is 0 Å². The second-order valence-corrected chi connectivity index (χ2v) is 6.65. The molecule has 1 N–H and O–H groups in total. The summed E-state index contributed by atoms with van der Waals surface area (Å²) in [7, 11) is 0. The molecule has 0 bridgehead atoms. The number of carboxylic acid groups (broad SMARTS) is 1. The van der Waals surface area contributed by atoms with Gasteiger partial charge in [-0.05, 0) is 25.3 Å². The largest absolute Gasteiger partial charge is 0.481 e. The summed E-state index contributed by atoms with van der Waals surface area (Å²) in [4.78, 5) is 36.4. The van der Waals surface area contributed by atoms with Crippen LogP contribution in [-0.4, -0.2) is 33.2 Å². The molecule has 0 aromatic carbocycles. The van der Waals surface area contributed by atoms with E-state index in [0.29, 0.717) is 25.7 Å². The number of nitrogens with zero attached hydrogens (tertiary/aromatic N) is 2. The molecule has 156 valence electrons. The highest BCUT2D eigenvalue weighted by Gasteiger charge is 2.17. The summed E-state index contributed by atoms with van der Waals surface area (Å²) in [6.07, 6.45) is 10.6. The number of carbonyl (C=O) groups is 1. The fourth-order valence-corrected chi connectivity index (χ4v) is 2.75. The molecule has 27 heavy (non-hydrogen) atoms. The fourth-order valence-electron chi connectivity index (χ4n) is 2.75. The van der Waals surface area contributed by atoms with E-state index in [1.807, 2.05) is 0 Å². The van der Waals surface area contributed by atoms with Crippen molar-refractivity contribution in [1.82, 2.24) is 0 Å². The van der Waals surface area contributed by atoms with Crippen LogP contribution in [0.5, 0.6) is 0 Å². The van der Waals surface area contributed by atoms with Gasteiger partial charge in [0.25, 0.3) is 5.09 Å². The molecule has 0 saturated heterocycles. The van der Waals surface area contributed by atoms with E-state index in [1.54, 1.807) is 0 Å². The molecule has 0 aromatic heterocycles. The second-order valence-electron chi connectivity index (χ2n) is 6.65. The Morgan fingerprint density at radius 1 is 0.963 bits per heavy atom. The first-order valence-electron chi connectivity index (χ1n) is 9.71. The maximum atomic E-state index is 11.2. The van der Waals surface area contributed by atoms with Crippen molar-refractivity contribution in [2.24, 2.45) is 0 Å². The smallest absolute Gasteiger partial charge is 0.303 e. The Bertz CT molecular complexity index is 469. The number of unbranched alkanes of at least 4 members (excludes halogenated alkanes) is 7. The minimum absolute atomic E-state index is 0.149. The summed E-state index contributed by atoms with van der Waals surface area (Å²) in [6, 6.07) is -0.891. The zero-order valence-corrected chi connectivity index (χ0v) is 16.1. The molecule has 9 nitrogen and oxygen atoms in total. The van der Waals surface area contributed by atoms with Crippen LogP contribution in [0.1, 0.15) is 84.0 Å². The molecule has 0 heterocycles. The monoisotopic (exact) mass is 388 g/mol. The van der Waals surface area contributed by atoms with Crippen LogP contribution in [0, 0.1) is 20.2 Å². The summed E-state index contributed by atoms with van der Waals surface area (Å²) < 4.78 is 0. The lowest BCUT2D eigenvalue weighted by Gasteiger charge is -2.11. The van der Waals surface area contributed by atoms with Gasteiger partial charge in [0.15, 0.2) is 0 Å². The number of carboxylic acids is 1. The number of hydrogen-bond donors (Lipinski definition) is 1. The molecule has 2 unspecified atom stereocenters. The normalized spacial score (nSPS) is 13.4. The van der Waals surface area contributed by atoms with Gasteiger partial charge in [0, 0.05) is 17.8 Å². The van der Waals surface area contributed by atoms with Gasteiger partial charge in [-0.1, -0.05) is 57.9 Å². The third kappa shape index (κ3) is 15.8. The van der Waals surface area contributed by atoms with Crippen LogP contribution in [-0.2, 0) is 9.63 Å². The third-order valence-electron chi connectivity index (χ3n) is 4.27. The highest BCUT2D eigenvalue weighted by atomic mass is 17.0. The average Bonchev–Trinajstić information content (AvgIpc) is 2.58. The topological polar surface area (TPSA) is 133 Å². The second kappa shape index (κ2) is 16.0. The van der Waals surface area contributed by atoms with Gasteiger partial charge in [-0.3, -0.25) is 14.9 Å². The molecule has 0 aliphatic heterocycles. The minimum atomic E-state index is -0.891. The maximum absolute atomic E-state index is 11.2. The van der Waals surface area contributed by atoms with E-state index in [4.69, 9.17) is 5.11 Å². The zero-order chi connectivity index (χ0) is 20.5. The van der Waals surface area contributed by atoms with Gasteiger partial charge < -0.3 is 9.94 Å². The molecule has 2 atom stereocenters. The van der Waals surface area contributed by atoms with Crippen LogP contribution in [0.2, 0.25) is 0 Å². The Hall–Kier alpha value is -2.19. The quantitative estimate of drug-likeness (QED) is 0.157. The fraction of sp³-hybridized carbons (Fsp3) is 0.833. The molecule has 0 radical (unpaired) electrons. The number of aliphatic carboxylic acids is 1. The molecule has 0 aliphatic rings. The average molecular weight is 388 g/mol. The molecule has 0 aromatic rings. The van der Waals surface area contributed by atoms with Crippen LogP contribution >= 0.6 is 0 Å². The summed E-state index contributed by atoms with van der Waals surface area (Å²) >= 11 is 0. The molecule has 0 amide bonds. The van der Waals surface area contributed by atoms with Gasteiger partial charge in [0.05, 0.1) is 0 Å². The van der Waals surface area contributed by atoms with Gasteiger partial charge in [-0.25, -0.2) is 0 Å². The lowest BCUT2D eigenvalue weighted by molar-refractivity contribution is -0.765. The van der Waals surface area contributed by atoms with Crippen molar-refractivity contribution in [1.29, 1.82) is 0 Å². The Balaban J connectivity index is 4.32. The van der Waals surface area contributed by atoms with Crippen LogP contribution in [0.4, 0.5) is 0 Å². The van der Waals surface area contributed by atoms with Crippen molar-refractivity contribution in [2.45, 2.75) is 96.1 Å². The van der Waals surface area contributed by atoms with Gasteiger partial charge in [0.1, 0.15) is 6.10 Å². The highest BCUT2D eigenvalue weighted by Crippen LogP contribution is 2.14. The Labute approximate surface area is 160 Å². The lowest BCUT2D eigenvalue weighted by Crippen LogP contribution is -2.19. The van der Waals surface area contributed by atoms with E-state index >= 15 is 0 Å². The SMILES string of the molecule is CCCCCCC(C=CC(CCCCCCCC(=O)O)[N+](=O)[O-])O[N+](=O)[O-]. The van der Waals surface area contributed by atoms with Crippen molar-refractivity contribution in [2.75, 3.05) is 0 Å². The van der Waals surface area contributed by atoms with Crippen molar-refractivity contribution < 1.29 is 24.7 Å². The van der Waals surface area contributed by atoms with Crippen molar-refractivity contribution in [3.05, 3.63) is 32.4 Å². The zero-order valence-electron chi connectivity index (χ0n) is 16.1. The molecule has 9 heteroatoms. The summed E-state index contributed by atoms with van der Waals surface area (Å²) in [5, 5.41) is 29.5. The van der Waals surface area contributed by atoms with E-state index in [2.05, 4.69) is 11.8 Å². The van der Waals surface area contributed by atoms with E-state index < -0.39 is 23.2 Å². The molecule has 0 saturated carbocycles. The standard InChI is InChI=1S/C18H32N2O7/c1-2-3-4-9-12-17(27-20(25)26)15-14-16(19(23)24)11-8-6-5-7-10-13-18(21)22/h14-17H,2-13H2,1H3,(H,21,22). The van der Waals surface area contributed by atoms with Gasteiger partial charge in [-0.2, -0.15) is 0 Å². The number of rotatable bonds is 18. The molecule has 0 aliphatic carbocycles. The molecular weight excluding hydrogens is 356 g/mol. The van der Waals surface area contributed by atoms with E-state index in [9.17, 15) is 25.0 Å². The molecule has 0 rings (SSSR count). The first-order valence-corrected chi connectivity index (χ1v) is 9.71. The highest BCUT2D eigenvalue weighted by molar-refractivity contribution is 5.66. The predicted molar refractivity (Wildman–Crippen MR) is 101 cm³/mol. The Morgan fingerprint density at radius 3 is 2.15 bits per heavy atom. The summed E-state index contributed by atoms with van der Waals surface area (Å²) in [5.41, 5.74) is 0. The van der Waals surface area contributed by atoms with Crippen LogP contribution in [0.25, 0.3) is 0 Å². The van der Waals surface area contributed by atoms with Gasteiger partial charge in [-0.15, -0.1) is 10.1 Å². The number of nitro groups is 1. The first-order chi connectivity index (χ1) is 12.9. The van der Waals surface area contributed by atoms with E-state index in [0.717, 1.165) is 44.9 Å².